The maximum Gasteiger partial charge on any atom is 0.224 e. The van der Waals surface area contributed by atoms with Crippen molar-refractivity contribution in [1.29, 1.82) is 0 Å². The lowest BCUT2D eigenvalue weighted by Gasteiger charge is -2.04. The number of carbonyl (C=O) groups is 1. The Hall–Kier alpha value is -2.46. The van der Waals surface area contributed by atoms with Gasteiger partial charge < -0.3 is 5.32 Å². The Balaban J connectivity index is 1.81. The monoisotopic (exact) mass is 322 g/mol. The summed E-state index contributed by atoms with van der Waals surface area (Å²) >= 11 is 1.64. The Morgan fingerprint density at radius 3 is 2.61 bits per heavy atom. The average Bonchev–Trinajstić information content (AvgIpc) is 3.05. The molecule has 0 atom stereocenters. The van der Waals surface area contributed by atoms with E-state index in [-0.39, 0.29) is 5.91 Å². The number of rotatable bonds is 4. The van der Waals surface area contributed by atoms with E-state index in [1.807, 2.05) is 31.2 Å². The van der Waals surface area contributed by atoms with Gasteiger partial charge in [0.2, 0.25) is 5.91 Å². The van der Waals surface area contributed by atoms with Crippen molar-refractivity contribution in [2.24, 2.45) is 0 Å². The van der Waals surface area contributed by atoms with Gasteiger partial charge in [-0.05, 0) is 25.1 Å². The lowest BCUT2D eigenvalue weighted by molar-refractivity contribution is -0.115. The van der Waals surface area contributed by atoms with Crippen molar-refractivity contribution in [1.82, 2.24) is 4.98 Å². The summed E-state index contributed by atoms with van der Waals surface area (Å²) in [5.74, 6) is 0.0214. The van der Waals surface area contributed by atoms with E-state index in [1.165, 1.54) is 5.56 Å². The standard InChI is InChI=1S/C19H18N2OS/c1-3-18(22)20-16-9-7-14(8-10-16)17-12-23-19(21-17)15-6-4-5-13(2)11-15/h4-12H,3H2,1-2H3,(H,20,22). The second-order valence-electron chi connectivity index (χ2n) is 5.39. The van der Waals surface area contributed by atoms with E-state index in [1.54, 1.807) is 11.3 Å². The Bertz CT molecular complexity index is 821. The van der Waals surface area contributed by atoms with Crippen LogP contribution >= 0.6 is 11.3 Å². The van der Waals surface area contributed by atoms with Gasteiger partial charge in [0.25, 0.3) is 0 Å². The van der Waals surface area contributed by atoms with E-state index in [2.05, 4.69) is 41.9 Å². The van der Waals surface area contributed by atoms with E-state index in [9.17, 15) is 4.79 Å². The highest BCUT2D eigenvalue weighted by atomic mass is 32.1. The zero-order valence-electron chi connectivity index (χ0n) is 13.2. The van der Waals surface area contributed by atoms with Gasteiger partial charge in [-0.3, -0.25) is 4.79 Å². The van der Waals surface area contributed by atoms with Gasteiger partial charge in [0.1, 0.15) is 5.01 Å². The summed E-state index contributed by atoms with van der Waals surface area (Å²) in [5.41, 5.74) is 5.20. The van der Waals surface area contributed by atoms with Gasteiger partial charge in [-0.15, -0.1) is 11.3 Å². The van der Waals surface area contributed by atoms with Crippen LogP contribution in [-0.4, -0.2) is 10.9 Å². The maximum absolute atomic E-state index is 11.4. The van der Waals surface area contributed by atoms with Crippen LogP contribution in [0.15, 0.2) is 53.9 Å². The molecule has 1 N–H and O–H groups in total. The first-order valence-corrected chi connectivity index (χ1v) is 8.46. The quantitative estimate of drug-likeness (QED) is 0.723. The number of hydrogen-bond donors (Lipinski definition) is 1. The molecule has 23 heavy (non-hydrogen) atoms. The number of aromatic nitrogens is 1. The second-order valence-corrected chi connectivity index (χ2v) is 6.24. The van der Waals surface area contributed by atoms with Gasteiger partial charge in [-0.1, -0.05) is 42.8 Å². The molecular weight excluding hydrogens is 304 g/mol. The molecule has 4 heteroatoms. The second kappa shape index (κ2) is 6.75. The molecule has 0 fully saturated rings. The minimum Gasteiger partial charge on any atom is -0.326 e. The molecule has 0 saturated heterocycles. The molecule has 0 spiro atoms. The summed E-state index contributed by atoms with van der Waals surface area (Å²) in [6.45, 7) is 3.92. The summed E-state index contributed by atoms with van der Waals surface area (Å²) in [5, 5.41) is 5.94. The number of hydrogen-bond acceptors (Lipinski definition) is 3. The van der Waals surface area contributed by atoms with E-state index < -0.39 is 0 Å². The highest BCUT2D eigenvalue weighted by Gasteiger charge is 2.07. The Morgan fingerprint density at radius 1 is 1.13 bits per heavy atom. The molecular formula is C19H18N2OS. The molecule has 2 aromatic carbocycles. The van der Waals surface area contributed by atoms with Crippen molar-refractivity contribution in [3.8, 4) is 21.8 Å². The van der Waals surface area contributed by atoms with Crippen molar-refractivity contribution in [3.63, 3.8) is 0 Å². The maximum atomic E-state index is 11.4. The molecule has 3 rings (SSSR count). The van der Waals surface area contributed by atoms with Gasteiger partial charge in [0, 0.05) is 28.6 Å². The first kappa shape index (κ1) is 15.4. The van der Waals surface area contributed by atoms with Gasteiger partial charge in [-0.25, -0.2) is 4.98 Å². The van der Waals surface area contributed by atoms with E-state index in [4.69, 9.17) is 4.98 Å². The van der Waals surface area contributed by atoms with Crippen LogP contribution in [0.1, 0.15) is 18.9 Å². The zero-order valence-corrected chi connectivity index (χ0v) is 14.0. The Labute approximate surface area is 140 Å². The summed E-state index contributed by atoms with van der Waals surface area (Å²) in [6.07, 6.45) is 0.480. The molecule has 0 unspecified atom stereocenters. The molecule has 0 saturated carbocycles. The first-order chi connectivity index (χ1) is 11.2. The van der Waals surface area contributed by atoms with Crippen LogP contribution in [0.25, 0.3) is 21.8 Å². The van der Waals surface area contributed by atoms with Crippen LogP contribution in [0, 0.1) is 6.92 Å². The lowest BCUT2D eigenvalue weighted by Crippen LogP contribution is -2.08. The number of nitrogens with one attached hydrogen (secondary N) is 1. The van der Waals surface area contributed by atoms with Crippen molar-refractivity contribution < 1.29 is 4.79 Å². The molecule has 0 aliphatic rings. The van der Waals surface area contributed by atoms with Crippen molar-refractivity contribution in [2.75, 3.05) is 5.32 Å². The molecule has 0 aliphatic carbocycles. The predicted molar refractivity (Wildman–Crippen MR) is 96.6 cm³/mol. The smallest absolute Gasteiger partial charge is 0.224 e. The average molecular weight is 322 g/mol. The normalized spacial score (nSPS) is 10.5. The summed E-state index contributed by atoms with van der Waals surface area (Å²) in [6, 6.07) is 16.2. The number of amides is 1. The number of carbonyl (C=O) groups excluding carboxylic acids is 1. The topological polar surface area (TPSA) is 42.0 Å². The lowest BCUT2D eigenvalue weighted by atomic mass is 10.1. The SMILES string of the molecule is CCC(=O)Nc1ccc(-c2csc(-c3cccc(C)c3)n2)cc1. The van der Waals surface area contributed by atoms with Crippen LogP contribution in [-0.2, 0) is 4.79 Å². The molecule has 1 aromatic heterocycles. The van der Waals surface area contributed by atoms with Crippen LogP contribution in [0.2, 0.25) is 0 Å². The minimum atomic E-state index is 0.0214. The van der Waals surface area contributed by atoms with Crippen LogP contribution in [0.3, 0.4) is 0 Å². The van der Waals surface area contributed by atoms with Crippen LogP contribution in [0.5, 0.6) is 0 Å². The number of thiazole rings is 1. The molecule has 0 aliphatic heterocycles. The molecule has 1 amide bonds. The van der Waals surface area contributed by atoms with Crippen molar-refractivity contribution in [2.45, 2.75) is 20.3 Å². The highest BCUT2D eigenvalue weighted by molar-refractivity contribution is 7.13. The molecule has 0 bridgehead atoms. The first-order valence-electron chi connectivity index (χ1n) is 7.58. The van der Waals surface area contributed by atoms with Gasteiger partial charge in [0.05, 0.1) is 5.69 Å². The fourth-order valence-corrected chi connectivity index (χ4v) is 3.12. The number of benzene rings is 2. The summed E-state index contributed by atoms with van der Waals surface area (Å²) < 4.78 is 0. The third-order valence-electron chi connectivity index (χ3n) is 3.55. The largest absolute Gasteiger partial charge is 0.326 e. The third kappa shape index (κ3) is 3.66. The number of aryl methyl sites for hydroxylation is 1. The van der Waals surface area contributed by atoms with Gasteiger partial charge in [-0.2, -0.15) is 0 Å². The van der Waals surface area contributed by atoms with Crippen LogP contribution < -0.4 is 5.32 Å². The fourth-order valence-electron chi connectivity index (χ4n) is 2.29. The summed E-state index contributed by atoms with van der Waals surface area (Å²) in [7, 11) is 0. The van der Waals surface area contributed by atoms with Crippen molar-refractivity contribution in [3.05, 3.63) is 59.5 Å². The Kier molecular flexibility index (Phi) is 4.53. The molecule has 0 radical (unpaired) electrons. The van der Waals surface area contributed by atoms with E-state index in [0.29, 0.717) is 6.42 Å². The van der Waals surface area contributed by atoms with Crippen molar-refractivity contribution >= 4 is 22.9 Å². The third-order valence-corrected chi connectivity index (χ3v) is 4.45. The number of nitrogens with zero attached hydrogens (tertiary/aromatic N) is 1. The molecule has 3 aromatic rings. The fraction of sp³-hybridized carbons (Fsp3) is 0.158. The minimum absolute atomic E-state index is 0.0214. The highest BCUT2D eigenvalue weighted by Crippen LogP contribution is 2.29. The van der Waals surface area contributed by atoms with Gasteiger partial charge >= 0.3 is 0 Å². The zero-order chi connectivity index (χ0) is 16.2. The predicted octanol–water partition coefficient (Wildman–Crippen LogP) is 5.13. The molecule has 1 heterocycles. The van der Waals surface area contributed by atoms with Gasteiger partial charge in [0.15, 0.2) is 0 Å². The van der Waals surface area contributed by atoms with E-state index >= 15 is 0 Å². The number of anilines is 1. The summed E-state index contributed by atoms with van der Waals surface area (Å²) in [4.78, 5) is 16.1. The molecule has 116 valence electrons. The molecule has 3 nitrogen and oxygen atoms in total. The Morgan fingerprint density at radius 2 is 1.91 bits per heavy atom. The van der Waals surface area contributed by atoms with E-state index in [0.717, 1.165) is 27.5 Å². The van der Waals surface area contributed by atoms with Crippen LogP contribution in [0.4, 0.5) is 5.69 Å².